The standard InChI is InChI=1S/C28H39N3O4S/c1-21-15-17-26(18-16-21)31(36(4,34)35)19-9-14-27(32)30(20-24-11-6-5-10-22(24)2)23(3)28(33)29-25-12-7-8-13-25/h5-6,10-11,15-18,23,25H,7-9,12-14,19-20H2,1-4H3,(H,29,33)/t23-/m1/s1. The van der Waals surface area contributed by atoms with Gasteiger partial charge in [0.25, 0.3) is 0 Å². The highest BCUT2D eigenvalue weighted by molar-refractivity contribution is 7.92. The second-order valence-corrected chi connectivity index (χ2v) is 11.8. The lowest BCUT2D eigenvalue weighted by molar-refractivity contribution is -0.141. The predicted molar refractivity (Wildman–Crippen MR) is 144 cm³/mol. The first-order chi connectivity index (χ1) is 17.1. The fourth-order valence-corrected chi connectivity index (χ4v) is 5.63. The van der Waals surface area contributed by atoms with Crippen LogP contribution in [0.25, 0.3) is 0 Å². The molecule has 196 valence electrons. The second-order valence-electron chi connectivity index (χ2n) is 9.89. The van der Waals surface area contributed by atoms with Gasteiger partial charge in [-0.25, -0.2) is 8.42 Å². The normalized spacial score (nSPS) is 14.9. The number of benzene rings is 2. The number of hydrogen-bond acceptors (Lipinski definition) is 4. The first-order valence-electron chi connectivity index (χ1n) is 12.7. The van der Waals surface area contributed by atoms with Crippen LogP contribution in [0.15, 0.2) is 48.5 Å². The molecule has 0 unspecified atom stereocenters. The summed E-state index contributed by atoms with van der Waals surface area (Å²) in [6, 6.07) is 14.7. The zero-order valence-corrected chi connectivity index (χ0v) is 22.7. The molecular weight excluding hydrogens is 474 g/mol. The number of nitrogens with zero attached hydrogens (tertiary/aromatic N) is 2. The molecular formula is C28H39N3O4S. The summed E-state index contributed by atoms with van der Waals surface area (Å²) in [6.07, 6.45) is 5.85. The topological polar surface area (TPSA) is 86.8 Å². The molecule has 0 bridgehead atoms. The summed E-state index contributed by atoms with van der Waals surface area (Å²) in [4.78, 5) is 28.1. The Kier molecular flexibility index (Phi) is 9.54. The molecule has 2 aromatic carbocycles. The van der Waals surface area contributed by atoms with Gasteiger partial charge in [-0.05, 0) is 63.3 Å². The third-order valence-electron chi connectivity index (χ3n) is 6.94. The molecule has 8 heteroatoms. The summed E-state index contributed by atoms with van der Waals surface area (Å²) in [5, 5.41) is 3.11. The summed E-state index contributed by atoms with van der Waals surface area (Å²) >= 11 is 0. The second kappa shape index (κ2) is 12.4. The Labute approximate surface area is 215 Å². The molecule has 0 aromatic heterocycles. The van der Waals surface area contributed by atoms with Crippen molar-refractivity contribution < 1.29 is 18.0 Å². The Balaban J connectivity index is 1.72. The van der Waals surface area contributed by atoms with Crippen molar-refractivity contribution in [3.8, 4) is 0 Å². The Bertz CT molecular complexity index is 1140. The fraction of sp³-hybridized carbons (Fsp3) is 0.500. The van der Waals surface area contributed by atoms with Gasteiger partial charge >= 0.3 is 0 Å². The van der Waals surface area contributed by atoms with E-state index < -0.39 is 16.1 Å². The molecule has 2 aromatic rings. The smallest absolute Gasteiger partial charge is 0.242 e. The van der Waals surface area contributed by atoms with Crippen LogP contribution >= 0.6 is 0 Å². The molecule has 0 saturated heterocycles. The largest absolute Gasteiger partial charge is 0.352 e. The van der Waals surface area contributed by atoms with Crippen molar-refractivity contribution in [3.63, 3.8) is 0 Å². The Morgan fingerprint density at radius 1 is 1.03 bits per heavy atom. The number of carbonyl (C=O) groups is 2. The van der Waals surface area contributed by atoms with Gasteiger partial charge in [-0.1, -0.05) is 54.8 Å². The number of amides is 2. The molecule has 1 saturated carbocycles. The molecule has 2 amide bonds. The maximum absolute atomic E-state index is 13.4. The molecule has 7 nitrogen and oxygen atoms in total. The number of nitrogens with one attached hydrogen (secondary N) is 1. The Morgan fingerprint density at radius 3 is 2.28 bits per heavy atom. The molecule has 1 N–H and O–H groups in total. The summed E-state index contributed by atoms with van der Waals surface area (Å²) in [5.41, 5.74) is 3.67. The van der Waals surface area contributed by atoms with Gasteiger partial charge in [-0.3, -0.25) is 13.9 Å². The lowest BCUT2D eigenvalue weighted by Gasteiger charge is -2.30. The van der Waals surface area contributed by atoms with Gasteiger partial charge in [0.2, 0.25) is 21.8 Å². The van der Waals surface area contributed by atoms with E-state index in [0.717, 1.165) is 42.4 Å². The molecule has 1 atom stereocenters. The number of anilines is 1. The maximum atomic E-state index is 13.4. The first kappa shape index (κ1) is 27.7. The highest BCUT2D eigenvalue weighted by Crippen LogP contribution is 2.21. The zero-order valence-electron chi connectivity index (χ0n) is 21.9. The predicted octanol–water partition coefficient (Wildman–Crippen LogP) is 4.33. The van der Waals surface area contributed by atoms with Crippen LogP contribution in [0.1, 0.15) is 62.1 Å². The van der Waals surface area contributed by atoms with Crippen molar-refractivity contribution in [1.82, 2.24) is 10.2 Å². The van der Waals surface area contributed by atoms with Gasteiger partial charge in [-0.2, -0.15) is 0 Å². The van der Waals surface area contributed by atoms with Crippen molar-refractivity contribution in [2.24, 2.45) is 0 Å². The van der Waals surface area contributed by atoms with Crippen molar-refractivity contribution in [2.45, 2.75) is 77.9 Å². The number of hydrogen-bond donors (Lipinski definition) is 1. The SMILES string of the molecule is Cc1ccc(N(CCCC(=O)N(Cc2ccccc2C)[C@H](C)C(=O)NC2CCCC2)S(C)(=O)=O)cc1. The van der Waals surface area contributed by atoms with Crippen LogP contribution in [-0.4, -0.2) is 50.0 Å². The zero-order chi connectivity index (χ0) is 26.3. The molecule has 36 heavy (non-hydrogen) atoms. The molecule has 0 heterocycles. The number of rotatable bonds is 11. The van der Waals surface area contributed by atoms with E-state index in [4.69, 9.17) is 0 Å². The molecule has 0 spiro atoms. The summed E-state index contributed by atoms with van der Waals surface area (Å²) in [7, 11) is -3.50. The molecule has 1 aliphatic rings. The number of sulfonamides is 1. The van der Waals surface area contributed by atoms with Crippen LogP contribution in [0.2, 0.25) is 0 Å². The van der Waals surface area contributed by atoms with Crippen LogP contribution in [0.5, 0.6) is 0 Å². The molecule has 0 aliphatic heterocycles. The summed E-state index contributed by atoms with van der Waals surface area (Å²) in [6.45, 7) is 6.23. The van der Waals surface area contributed by atoms with Crippen LogP contribution < -0.4 is 9.62 Å². The van der Waals surface area contributed by atoms with Crippen molar-refractivity contribution >= 4 is 27.5 Å². The van der Waals surface area contributed by atoms with E-state index in [1.54, 1.807) is 24.0 Å². The van der Waals surface area contributed by atoms with Crippen LogP contribution in [0.3, 0.4) is 0 Å². The lowest BCUT2D eigenvalue weighted by atomic mass is 10.1. The first-order valence-corrected chi connectivity index (χ1v) is 14.6. The summed E-state index contributed by atoms with van der Waals surface area (Å²) < 4.78 is 26.2. The average Bonchev–Trinajstić information content (AvgIpc) is 3.34. The van der Waals surface area contributed by atoms with Crippen LogP contribution in [0.4, 0.5) is 5.69 Å². The molecule has 3 rings (SSSR count). The molecule has 1 fully saturated rings. The van der Waals surface area contributed by atoms with E-state index in [1.807, 2.05) is 50.2 Å². The summed E-state index contributed by atoms with van der Waals surface area (Å²) in [5.74, 6) is -0.300. The molecule has 1 aliphatic carbocycles. The minimum Gasteiger partial charge on any atom is -0.352 e. The maximum Gasteiger partial charge on any atom is 0.242 e. The third kappa shape index (κ3) is 7.56. The quantitative estimate of drug-likeness (QED) is 0.485. The van der Waals surface area contributed by atoms with E-state index in [9.17, 15) is 18.0 Å². The van der Waals surface area contributed by atoms with E-state index in [0.29, 0.717) is 18.7 Å². The average molecular weight is 514 g/mol. The molecule has 0 radical (unpaired) electrons. The van der Waals surface area contributed by atoms with E-state index >= 15 is 0 Å². The van der Waals surface area contributed by atoms with E-state index in [-0.39, 0.29) is 30.8 Å². The number of aryl methyl sites for hydroxylation is 2. The van der Waals surface area contributed by atoms with E-state index in [1.165, 1.54) is 10.6 Å². The van der Waals surface area contributed by atoms with Gasteiger partial charge in [0.05, 0.1) is 11.9 Å². The highest BCUT2D eigenvalue weighted by Gasteiger charge is 2.29. The number of carbonyl (C=O) groups excluding carboxylic acids is 2. The monoisotopic (exact) mass is 513 g/mol. The van der Waals surface area contributed by atoms with Gasteiger partial charge in [0.1, 0.15) is 6.04 Å². The fourth-order valence-electron chi connectivity index (χ4n) is 4.66. The van der Waals surface area contributed by atoms with Crippen molar-refractivity contribution in [2.75, 3.05) is 17.1 Å². The van der Waals surface area contributed by atoms with E-state index in [2.05, 4.69) is 5.32 Å². The highest BCUT2D eigenvalue weighted by atomic mass is 32.2. The minimum atomic E-state index is -3.50. The minimum absolute atomic E-state index is 0.138. The lowest BCUT2D eigenvalue weighted by Crippen LogP contribution is -2.49. The van der Waals surface area contributed by atoms with Gasteiger partial charge in [0, 0.05) is 25.6 Å². The van der Waals surface area contributed by atoms with Gasteiger partial charge < -0.3 is 10.2 Å². The Hall–Kier alpha value is -2.87. The van der Waals surface area contributed by atoms with Crippen molar-refractivity contribution in [3.05, 3.63) is 65.2 Å². The van der Waals surface area contributed by atoms with Gasteiger partial charge in [0.15, 0.2) is 0 Å². The van der Waals surface area contributed by atoms with Crippen LogP contribution in [0, 0.1) is 13.8 Å². The Morgan fingerprint density at radius 2 is 1.67 bits per heavy atom. The van der Waals surface area contributed by atoms with Crippen LogP contribution in [-0.2, 0) is 26.2 Å². The van der Waals surface area contributed by atoms with Gasteiger partial charge in [-0.15, -0.1) is 0 Å². The van der Waals surface area contributed by atoms with Crippen molar-refractivity contribution in [1.29, 1.82) is 0 Å². The third-order valence-corrected chi connectivity index (χ3v) is 8.14.